The van der Waals surface area contributed by atoms with E-state index in [2.05, 4.69) is 5.43 Å². The Hall–Kier alpha value is -0.680. The van der Waals surface area contributed by atoms with Gasteiger partial charge in [-0.2, -0.15) is 0 Å². The number of ether oxygens (including phenoxy) is 1. The minimum absolute atomic E-state index is 0.0406. The normalized spacial score (nSPS) is 20.0. The lowest BCUT2D eigenvalue weighted by molar-refractivity contribution is -0.0527. The third-order valence-electron chi connectivity index (χ3n) is 4.62. The van der Waals surface area contributed by atoms with Crippen LogP contribution in [-0.2, 0) is 11.2 Å². The Balaban J connectivity index is 2.18. The van der Waals surface area contributed by atoms with Crippen molar-refractivity contribution in [3.8, 4) is 0 Å². The van der Waals surface area contributed by atoms with Crippen molar-refractivity contribution in [2.75, 3.05) is 7.11 Å². The largest absolute Gasteiger partial charge is 0.377 e. The van der Waals surface area contributed by atoms with Gasteiger partial charge in [0.15, 0.2) is 0 Å². The van der Waals surface area contributed by atoms with E-state index in [1.165, 1.54) is 18.9 Å². The van der Waals surface area contributed by atoms with Gasteiger partial charge >= 0.3 is 0 Å². The minimum Gasteiger partial charge on any atom is -0.377 e. The van der Waals surface area contributed by atoms with Crippen molar-refractivity contribution in [1.82, 2.24) is 5.43 Å². The van der Waals surface area contributed by atoms with Crippen LogP contribution in [0.15, 0.2) is 18.2 Å². The van der Waals surface area contributed by atoms with E-state index in [4.69, 9.17) is 22.2 Å². The topological polar surface area (TPSA) is 47.3 Å². The number of hydrogen-bond donors (Lipinski definition) is 2. The maximum absolute atomic E-state index is 13.6. The molecule has 118 valence electrons. The lowest BCUT2D eigenvalue weighted by atomic mass is 9.83. The van der Waals surface area contributed by atoms with Crippen molar-refractivity contribution in [2.24, 2.45) is 5.84 Å². The summed E-state index contributed by atoms with van der Waals surface area (Å²) in [5, 5.41) is 0.145. The Morgan fingerprint density at radius 1 is 1.33 bits per heavy atom. The molecule has 0 heterocycles. The van der Waals surface area contributed by atoms with Gasteiger partial charge in [-0.15, -0.1) is 0 Å². The highest BCUT2D eigenvalue weighted by Crippen LogP contribution is 2.34. The quantitative estimate of drug-likeness (QED) is 0.496. The molecule has 0 aromatic heterocycles. The van der Waals surface area contributed by atoms with E-state index in [1.54, 1.807) is 13.2 Å². The van der Waals surface area contributed by atoms with Crippen LogP contribution in [0.25, 0.3) is 0 Å². The summed E-state index contributed by atoms with van der Waals surface area (Å²) in [4.78, 5) is 0. The van der Waals surface area contributed by atoms with Crippen LogP contribution in [0.3, 0.4) is 0 Å². The van der Waals surface area contributed by atoms with E-state index in [9.17, 15) is 4.39 Å². The summed E-state index contributed by atoms with van der Waals surface area (Å²) in [6, 6.07) is 4.87. The van der Waals surface area contributed by atoms with E-state index in [1.807, 2.05) is 6.07 Å². The first-order chi connectivity index (χ1) is 10.1. The molecule has 1 aliphatic rings. The molecule has 3 N–H and O–H groups in total. The maximum atomic E-state index is 13.6. The van der Waals surface area contributed by atoms with Gasteiger partial charge in [-0.05, 0) is 37.0 Å². The molecule has 3 nitrogen and oxygen atoms in total. The molecule has 5 heteroatoms. The Morgan fingerprint density at radius 2 is 2.00 bits per heavy atom. The number of hydrogen-bond acceptors (Lipinski definition) is 3. The fraction of sp³-hybridized carbons (Fsp3) is 0.625. The van der Waals surface area contributed by atoms with Gasteiger partial charge in [-0.1, -0.05) is 43.4 Å². The zero-order chi connectivity index (χ0) is 15.3. The highest BCUT2D eigenvalue weighted by atomic mass is 35.5. The van der Waals surface area contributed by atoms with E-state index < -0.39 is 5.82 Å². The average molecular weight is 315 g/mol. The lowest BCUT2D eigenvalue weighted by Crippen LogP contribution is -2.55. The van der Waals surface area contributed by atoms with Crippen LogP contribution < -0.4 is 11.3 Å². The fourth-order valence-electron chi connectivity index (χ4n) is 3.32. The van der Waals surface area contributed by atoms with Crippen LogP contribution in [-0.4, -0.2) is 18.8 Å². The molecule has 1 aliphatic carbocycles. The van der Waals surface area contributed by atoms with Gasteiger partial charge in [-0.3, -0.25) is 11.3 Å². The van der Waals surface area contributed by atoms with Crippen LogP contribution in [0.1, 0.15) is 44.1 Å². The molecule has 1 aromatic rings. The van der Waals surface area contributed by atoms with Crippen molar-refractivity contribution in [3.63, 3.8) is 0 Å². The van der Waals surface area contributed by atoms with Gasteiger partial charge in [0.2, 0.25) is 0 Å². The molecule has 21 heavy (non-hydrogen) atoms. The summed E-state index contributed by atoms with van der Waals surface area (Å²) in [7, 11) is 1.75. The first-order valence-electron chi connectivity index (χ1n) is 7.56. The second-order valence-electron chi connectivity index (χ2n) is 5.85. The van der Waals surface area contributed by atoms with Crippen molar-refractivity contribution < 1.29 is 9.13 Å². The lowest BCUT2D eigenvalue weighted by Gasteiger charge is -2.39. The average Bonchev–Trinajstić information content (AvgIpc) is 2.74. The summed E-state index contributed by atoms with van der Waals surface area (Å²) in [6.07, 6.45) is 7.33. The van der Waals surface area contributed by atoms with E-state index in [0.717, 1.165) is 31.2 Å². The number of rotatable bonds is 5. The molecule has 1 unspecified atom stereocenters. The number of halogens is 2. The standard InChI is InChI=1S/C16H24ClFN2O/c1-21-16(8-4-2-3-5-9-16)15(20-19)11-12-6-7-13(17)14(18)10-12/h6-7,10,15,20H,2-5,8-9,11,19H2,1H3. The Morgan fingerprint density at radius 3 is 2.52 bits per heavy atom. The Labute approximate surface area is 131 Å². The first kappa shape index (κ1) is 16.7. The van der Waals surface area contributed by atoms with Crippen LogP contribution in [0.4, 0.5) is 4.39 Å². The van der Waals surface area contributed by atoms with Gasteiger partial charge in [0.25, 0.3) is 0 Å². The van der Waals surface area contributed by atoms with E-state index >= 15 is 0 Å². The number of nitrogens with two attached hydrogens (primary N) is 1. The molecule has 0 amide bonds. The first-order valence-corrected chi connectivity index (χ1v) is 7.94. The fourth-order valence-corrected chi connectivity index (χ4v) is 3.44. The smallest absolute Gasteiger partial charge is 0.142 e. The highest BCUT2D eigenvalue weighted by molar-refractivity contribution is 6.30. The predicted octanol–water partition coefficient (Wildman–Crippen LogP) is 3.59. The minimum atomic E-state index is -0.391. The molecular formula is C16H24ClFN2O. The van der Waals surface area contributed by atoms with Crippen molar-refractivity contribution in [2.45, 2.75) is 56.6 Å². The summed E-state index contributed by atoms with van der Waals surface area (Å²) in [6.45, 7) is 0. The zero-order valence-electron chi connectivity index (χ0n) is 12.5. The highest BCUT2D eigenvalue weighted by Gasteiger charge is 2.38. The van der Waals surface area contributed by atoms with Crippen molar-refractivity contribution in [3.05, 3.63) is 34.6 Å². The molecule has 2 rings (SSSR count). The van der Waals surface area contributed by atoms with E-state index in [-0.39, 0.29) is 16.7 Å². The van der Waals surface area contributed by atoms with Crippen molar-refractivity contribution >= 4 is 11.6 Å². The number of benzene rings is 1. The Bertz CT molecular complexity index is 462. The summed E-state index contributed by atoms with van der Waals surface area (Å²) in [5.74, 6) is 5.39. The number of hydrazine groups is 1. The molecule has 0 saturated heterocycles. The predicted molar refractivity (Wildman–Crippen MR) is 83.7 cm³/mol. The maximum Gasteiger partial charge on any atom is 0.142 e. The molecule has 0 spiro atoms. The van der Waals surface area contributed by atoms with Gasteiger partial charge in [0, 0.05) is 7.11 Å². The monoisotopic (exact) mass is 314 g/mol. The molecular weight excluding hydrogens is 291 g/mol. The van der Waals surface area contributed by atoms with Crippen LogP contribution in [0.5, 0.6) is 0 Å². The number of methoxy groups -OCH3 is 1. The van der Waals surface area contributed by atoms with Gasteiger partial charge in [0.05, 0.1) is 16.7 Å². The molecule has 0 bridgehead atoms. The third-order valence-corrected chi connectivity index (χ3v) is 4.92. The SMILES string of the molecule is COC1(C(Cc2ccc(Cl)c(F)c2)NN)CCCCCC1. The van der Waals surface area contributed by atoms with Crippen LogP contribution in [0, 0.1) is 5.82 Å². The molecule has 1 atom stereocenters. The van der Waals surface area contributed by atoms with Crippen LogP contribution >= 0.6 is 11.6 Å². The van der Waals surface area contributed by atoms with Crippen molar-refractivity contribution in [1.29, 1.82) is 0 Å². The molecule has 0 radical (unpaired) electrons. The van der Waals surface area contributed by atoms with Gasteiger partial charge in [-0.25, -0.2) is 4.39 Å². The third kappa shape index (κ3) is 3.95. The van der Waals surface area contributed by atoms with Gasteiger partial charge in [0.1, 0.15) is 5.82 Å². The summed E-state index contributed by atoms with van der Waals surface area (Å²) >= 11 is 5.74. The summed E-state index contributed by atoms with van der Waals surface area (Å²) < 4.78 is 19.5. The molecule has 1 saturated carbocycles. The summed E-state index contributed by atoms with van der Waals surface area (Å²) in [5.41, 5.74) is 3.49. The Kier molecular flexibility index (Phi) is 5.99. The second kappa shape index (κ2) is 7.54. The number of nitrogens with one attached hydrogen (secondary N) is 1. The van der Waals surface area contributed by atoms with Gasteiger partial charge < -0.3 is 4.74 Å². The zero-order valence-corrected chi connectivity index (χ0v) is 13.3. The molecule has 0 aliphatic heterocycles. The molecule has 1 fully saturated rings. The van der Waals surface area contributed by atoms with E-state index in [0.29, 0.717) is 6.42 Å². The van der Waals surface area contributed by atoms with Crippen LogP contribution in [0.2, 0.25) is 5.02 Å². The molecule has 1 aromatic carbocycles. The second-order valence-corrected chi connectivity index (χ2v) is 6.26.